The van der Waals surface area contributed by atoms with Gasteiger partial charge in [0.1, 0.15) is 0 Å². The van der Waals surface area contributed by atoms with Gasteiger partial charge in [0.25, 0.3) is 0 Å². The van der Waals surface area contributed by atoms with Crippen LogP contribution >= 0.6 is 0 Å². The summed E-state index contributed by atoms with van der Waals surface area (Å²) < 4.78 is 0. The van der Waals surface area contributed by atoms with Crippen LogP contribution in [0.25, 0.3) is 0 Å². The predicted octanol–water partition coefficient (Wildman–Crippen LogP) is 5.18. The molecular weight excluding hydrogens is 280 g/mol. The molecule has 2 nitrogen and oxygen atoms in total. The third kappa shape index (κ3) is 5.19. The van der Waals surface area contributed by atoms with Gasteiger partial charge < -0.3 is 4.90 Å². The first-order valence-electron chi connectivity index (χ1n) is 10.2. The van der Waals surface area contributed by atoms with Gasteiger partial charge in [-0.1, -0.05) is 26.2 Å². The van der Waals surface area contributed by atoms with Crippen molar-refractivity contribution >= 4 is 0 Å². The Morgan fingerprint density at radius 1 is 0.913 bits per heavy atom. The number of nitrogens with zero attached hydrogens (tertiary/aromatic N) is 2. The van der Waals surface area contributed by atoms with E-state index >= 15 is 0 Å². The monoisotopic (exact) mass is 322 g/mol. The van der Waals surface area contributed by atoms with E-state index in [2.05, 4.69) is 51.6 Å². The third-order valence-electron chi connectivity index (χ3n) is 7.09. The molecule has 2 rings (SSSR count). The lowest BCUT2D eigenvalue weighted by molar-refractivity contribution is 0.0394. The number of hydrogen-bond donors (Lipinski definition) is 0. The van der Waals surface area contributed by atoms with Crippen LogP contribution in [0.2, 0.25) is 0 Å². The van der Waals surface area contributed by atoms with E-state index in [1.54, 1.807) is 0 Å². The van der Waals surface area contributed by atoms with E-state index in [1.165, 1.54) is 70.9 Å². The van der Waals surface area contributed by atoms with Crippen molar-refractivity contribution in [2.24, 2.45) is 11.3 Å². The second kappa shape index (κ2) is 7.87. The van der Waals surface area contributed by atoms with E-state index in [1.807, 2.05) is 0 Å². The highest BCUT2D eigenvalue weighted by Crippen LogP contribution is 2.39. The molecule has 2 aliphatic carbocycles. The van der Waals surface area contributed by atoms with Crippen molar-refractivity contribution < 1.29 is 0 Å². The van der Waals surface area contributed by atoms with Crippen molar-refractivity contribution in [2.75, 3.05) is 27.2 Å². The van der Waals surface area contributed by atoms with E-state index < -0.39 is 0 Å². The van der Waals surface area contributed by atoms with Crippen molar-refractivity contribution in [1.82, 2.24) is 9.80 Å². The van der Waals surface area contributed by atoms with Gasteiger partial charge in [0, 0.05) is 24.7 Å². The van der Waals surface area contributed by atoms with E-state index in [9.17, 15) is 0 Å². The highest BCUT2D eigenvalue weighted by molar-refractivity contribution is 4.92. The molecule has 2 aliphatic rings. The number of hydrogen-bond acceptors (Lipinski definition) is 2. The van der Waals surface area contributed by atoms with E-state index in [4.69, 9.17) is 0 Å². The molecule has 0 saturated heterocycles. The molecule has 2 heteroatoms. The molecule has 0 aromatic carbocycles. The first-order chi connectivity index (χ1) is 10.7. The summed E-state index contributed by atoms with van der Waals surface area (Å²) in [7, 11) is 4.69. The van der Waals surface area contributed by atoms with Gasteiger partial charge in [0.05, 0.1) is 0 Å². The SMILES string of the molecule is CC(C)N(C)C1(C)CCC(CN(C)CC2(C)CCCCC2)CC1. The van der Waals surface area contributed by atoms with Gasteiger partial charge in [-0.25, -0.2) is 0 Å². The zero-order valence-electron chi connectivity index (χ0n) is 16.8. The summed E-state index contributed by atoms with van der Waals surface area (Å²) in [6.07, 6.45) is 12.8. The Kier molecular flexibility index (Phi) is 6.58. The van der Waals surface area contributed by atoms with Crippen LogP contribution in [-0.2, 0) is 0 Å². The molecule has 136 valence electrons. The predicted molar refractivity (Wildman–Crippen MR) is 102 cm³/mol. The normalized spacial score (nSPS) is 32.0. The van der Waals surface area contributed by atoms with Crippen LogP contribution in [0.5, 0.6) is 0 Å². The molecular formula is C21H42N2. The van der Waals surface area contributed by atoms with Crippen LogP contribution < -0.4 is 0 Å². The molecule has 0 spiro atoms. The molecule has 2 saturated carbocycles. The Balaban J connectivity index is 1.77. The largest absolute Gasteiger partial charge is 0.306 e. The van der Waals surface area contributed by atoms with Crippen LogP contribution in [0, 0.1) is 11.3 Å². The van der Waals surface area contributed by atoms with Crippen LogP contribution in [0.1, 0.15) is 85.5 Å². The highest BCUT2D eigenvalue weighted by atomic mass is 15.2. The molecule has 0 N–H and O–H groups in total. The first-order valence-corrected chi connectivity index (χ1v) is 10.2. The zero-order chi connectivity index (χ0) is 17.1. The van der Waals surface area contributed by atoms with Crippen molar-refractivity contribution in [3.05, 3.63) is 0 Å². The lowest BCUT2D eigenvalue weighted by Crippen LogP contribution is -2.50. The minimum Gasteiger partial charge on any atom is -0.306 e. The summed E-state index contributed by atoms with van der Waals surface area (Å²) in [5, 5.41) is 0. The van der Waals surface area contributed by atoms with Crippen LogP contribution in [0.3, 0.4) is 0 Å². The Bertz CT molecular complexity index is 349. The van der Waals surface area contributed by atoms with Gasteiger partial charge in [-0.15, -0.1) is 0 Å². The van der Waals surface area contributed by atoms with Crippen molar-refractivity contribution in [2.45, 2.75) is 97.1 Å². The smallest absolute Gasteiger partial charge is 0.0181 e. The van der Waals surface area contributed by atoms with Gasteiger partial charge in [-0.3, -0.25) is 4.90 Å². The Morgan fingerprint density at radius 2 is 1.48 bits per heavy atom. The minimum absolute atomic E-state index is 0.429. The summed E-state index contributed by atoms with van der Waals surface area (Å²) in [5.74, 6) is 0.917. The summed E-state index contributed by atoms with van der Waals surface area (Å²) >= 11 is 0. The molecule has 0 heterocycles. The molecule has 0 atom stereocenters. The fraction of sp³-hybridized carbons (Fsp3) is 1.00. The van der Waals surface area contributed by atoms with E-state index in [0.29, 0.717) is 17.0 Å². The number of rotatable bonds is 6. The zero-order valence-corrected chi connectivity index (χ0v) is 16.8. The highest BCUT2D eigenvalue weighted by Gasteiger charge is 2.36. The molecule has 0 aromatic rings. The molecule has 0 bridgehead atoms. The summed E-state index contributed by atoms with van der Waals surface area (Å²) in [6, 6.07) is 0.658. The third-order valence-corrected chi connectivity index (χ3v) is 7.09. The topological polar surface area (TPSA) is 6.48 Å². The summed E-state index contributed by atoms with van der Waals surface area (Å²) in [5.41, 5.74) is 1.02. The molecule has 23 heavy (non-hydrogen) atoms. The molecule has 0 aromatic heterocycles. The second-order valence-corrected chi connectivity index (χ2v) is 9.71. The van der Waals surface area contributed by atoms with Gasteiger partial charge in [0.15, 0.2) is 0 Å². The lowest BCUT2D eigenvalue weighted by Gasteiger charge is -2.47. The quantitative estimate of drug-likeness (QED) is 0.665. The standard InChI is InChI=1S/C21H42N2/c1-18(2)23(6)21(4)14-10-19(11-15-21)16-22(5)17-20(3)12-8-7-9-13-20/h18-19H,7-17H2,1-6H3. The second-order valence-electron chi connectivity index (χ2n) is 9.71. The first kappa shape index (κ1) is 19.2. The van der Waals surface area contributed by atoms with E-state index in [0.717, 1.165) is 5.92 Å². The van der Waals surface area contributed by atoms with Crippen LogP contribution in [0.15, 0.2) is 0 Å². The Hall–Kier alpha value is -0.0800. The molecule has 2 fully saturated rings. The summed E-state index contributed by atoms with van der Waals surface area (Å²) in [6.45, 7) is 12.3. The van der Waals surface area contributed by atoms with Crippen molar-refractivity contribution in [3.8, 4) is 0 Å². The fourth-order valence-electron chi connectivity index (χ4n) is 5.18. The maximum absolute atomic E-state index is 2.66. The minimum atomic E-state index is 0.429. The summed E-state index contributed by atoms with van der Waals surface area (Å²) in [4.78, 5) is 5.26. The van der Waals surface area contributed by atoms with Crippen molar-refractivity contribution in [3.63, 3.8) is 0 Å². The molecule has 0 radical (unpaired) electrons. The maximum atomic E-state index is 2.66. The average molecular weight is 323 g/mol. The van der Waals surface area contributed by atoms with Crippen molar-refractivity contribution in [1.29, 1.82) is 0 Å². The fourth-order valence-corrected chi connectivity index (χ4v) is 5.18. The van der Waals surface area contributed by atoms with Crippen LogP contribution in [-0.4, -0.2) is 48.6 Å². The van der Waals surface area contributed by atoms with Gasteiger partial charge in [-0.05, 0) is 84.7 Å². The molecule has 0 aliphatic heterocycles. The van der Waals surface area contributed by atoms with Gasteiger partial charge in [0.2, 0.25) is 0 Å². The molecule has 0 unspecified atom stereocenters. The van der Waals surface area contributed by atoms with Crippen LogP contribution in [0.4, 0.5) is 0 Å². The Labute approximate surface area is 146 Å². The Morgan fingerprint density at radius 3 is 2.00 bits per heavy atom. The molecule has 0 amide bonds. The van der Waals surface area contributed by atoms with Gasteiger partial charge >= 0.3 is 0 Å². The maximum Gasteiger partial charge on any atom is 0.0181 e. The van der Waals surface area contributed by atoms with E-state index in [-0.39, 0.29) is 0 Å². The average Bonchev–Trinajstić information content (AvgIpc) is 2.49. The van der Waals surface area contributed by atoms with Gasteiger partial charge in [-0.2, -0.15) is 0 Å². The lowest BCUT2D eigenvalue weighted by atomic mass is 9.74.